The molecule has 0 radical (unpaired) electrons. The molecule has 1 aromatic heterocycles. The third-order valence-corrected chi connectivity index (χ3v) is 2.80. The van der Waals surface area contributed by atoms with Gasteiger partial charge < -0.3 is 0 Å². The van der Waals surface area contributed by atoms with E-state index in [2.05, 4.69) is 30.4 Å². The number of thiophene rings is 1. The van der Waals surface area contributed by atoms with Crippen LogP contribution >= 0.6 is 11.3 Å². The van der Waals surface area contributed by atoms with Gasteiger partial charge in [0.1, 0.15) is 0 Å². The summed E-state index contributed by atoms with van der Waals surface area (Å²) in [5.74, 6) is 0. The second kappa shape index (κ2) is 4.91. The van der Waals surface area contributed by atoms with Crippen molar-refractivity contribution in [2.24, 2.45) is 0 Å². The van der Waals surface area contributed by atoms with Gasteiger partial charge in [-0.1, -0.05) is 6.92 Å². The third kappa shape index (κ3) is 2.65. The maximum Gasteiger partial charge on any atom is 0.0843 e. The Hall–Kier alpha value is -0.850. The Morgan fingerprint density at radius 2 is 2.25 bits per heavy atom. The molecule has 0 atom stereocenters. The molecule has 0 aliphatic carbocycles. The van der Waals surface area contributed by atoms with Gasteiger partial charge in [-0.25, -0.2) is 0 Å². The van der Waals surface area contributed by atoms with Crippen molar-refractivity contribution in [3.8, 4) is 6.07 Å². The van der Waals surface area contributed by atoms with E-state index in [-0.39, 0.29) is 0 Å². The largest absolute Gasteiger partial charge is 0.300 e. The van der Waals surface area contributed by atoms with Crippen molar-refractivity contribution in [1.82, 2.24) is 5.32 Å². The zero-order valence-corrected chi connectivity index (χ0v) is 7.95. The molecule has 1 rings (SSSR count). The molecular weight excluding hydrogens is 168 g/mol. The van der Waals surface area contributed by atoms with Gasteiger partial charge in [0, 0.05) is 16.3 Å². The molecule has 0 fully saturated rings. The fraction of sp³-hybridized carbons (Fsp3) is 0.444. The van der Waals surface area contributed by atoms with Crippen molar-refractivity contribution in [3.05, 3.63) is 21.9 Å². The number of nitrogens with one attached hydrogen (secondary N) is 1. The molecule has 3 heteroatoms. The normalized spacial score (nSPS) is 9.67. The molecule has 0 saturated heterocycles. The van der Waals surface area contributed by atoms with E-state index in [9.17, 15) is 0 Å². The maximum absolute atomic E-state index is 8.29. The van der Waals surface area contributed by atoms with Crippen molar-refractivity contribution >= 4 is 11.3 Å². The minimum atomic E-state index is 0.430. The highest BCUT2D eigenvalue weighted by molar-refractivity contribution is 7.11. The van der Waals surface area contributed by atoms with Gasteiger partial charge in [0.25, 0.3) is 0 Å². The van der Waals surface area contributed by atoms with Crippen LogP contribution in [0.1, 0.15) is 16.7 Å². The van der Waals surface area contributed by atoms with Crippen LogP contribution in [0.3, 0.4) is 0 Å². The van der Waals surface area contributed by atoms with Crippen molar-refractivity contribution in [1.29, 1.82) is 5.26 Å². The van der Waals surface area contributed by atoms with Crippen molar-refractivity contribution in [2.45, 2.75) is 19.9 Å². The Labute approximate surface area is 76.8 Å². The topological polar surface area (TPSA) is 35.8 Å². The Morgan fingerprint density at radius 3 is 2.83 bits per heavy atom. The van der Waals surface area contributed by atoms with Crippen LogP contribution in [0.4, 0.5) is 0 Å². The van der Waals surface area contributed by atoms with Crippen LogP contribution in [0.15, 0.2) is 12.1 Å². The number of nitrogens with zero attached hydrogens (tertiary/aromatic N) is 1. The maximum atomic E-state index is 8.29. The fourth-order valence-corrected chi connectivity index (χ4v) is 1.88. The first-order valence-corrected chi connectivity index (χ1v) is 4.83. The van der Waals surface area contributed by atoms with E-state index < -0.39 is 0 Å². The summed E-state index contributed by atoms with van der Waals surface area (Å²) in [4.78, 5) is 2.71. The van der Waals surface area contributed by atoms with E-state index in [1.807, 2.05) is 11.3 Å². The minimum Gasteiger partial charge on any atom is -0.300 e. The van der Waals surface area contributed by atoms with Crippen LogP contribution in [-0.4, -0.2) is 6.54 Å². The predicted molar refractivity (Wildman–Crippen MR) is 51.0 cm³/mol. The van der Waals surface area contributed by atoms with Gasteiger partial charge in [-0.15, -0.1) is 11.3 Å². The van der Waals surface area contributed by atoms with Crippen LogP contribution in [-0.2, 0) is 13.0 Å². The number of hydrogen-bond acceptors (Lipinski definition) is 3. The molecule has 1 heterocycles. The number of aryl methyl sites for hydroxylation is 1. The van der Waals surface area contributed by atoms with Gasteiger partial charge in [0.2, 0.25) is 0 Å². The summed E-state index contributed by atoms with van der Waals surface area (Å²) in [6.45, 7) is 3.40. The molecule has 0 amide bonds. The van der Waals surface area contributed by atoms with E-state index >= 15 is 0 Å². The molecule has 12 heavy (non-hydrogen) atoms. The molecule has 0 aliphatic rings. The van der Waals surface area contributed by atoms with E-state index in [0.29, 0.717) is 6.54 Å². The molecular formula is C9H12N2S. The lowest BCUT2D eigenvalue weighted by molar-refractivity contribution is 0.776. The van der Waals surface area contributed by atoms with E-state index in [4.69, 9.17) is 5.26 Å². The summed E-state index contributed by atoms with van der Waals surface area (Å²) in [5, 5.41) is 11.3. The van der Waals surface area contributed by atoms with Crippen molar-refractivity contribution in [2.75, 3.05) is 6.54 Å². The molecule has 0 unspecified atom stereocenters. The quantitative estimate of drug-likeness (QED) is 0.567. The molecule has 0 bridgehead atoms. The first kappa shape index (κ1) is 9.24. The van der Waals surface area contributed by atoms with Gasteiger partial charge in [-0.3, -0.25) is 5.32 Å². The summed E-state index contributed by atoms with van der Waals surface area (Å²) in [6.07, 6.45) is 1.10. The van der Waals surface area contributed by atoms with E-state index in [1.54, 1.807) is 0 Å². The average Bonchev–Trinajstić information content (AvgIpc) is 2.53. The SMILES string of the molecule is CCc1ccc(CNCC#N)s1. The number of hydrogen-bond donors (Lipinski definition) is 1. The monoisotopic (exact) mass is 180 g/mol. The lowest BCUT2D eigenvalue weighted by Gasteiger charge is -1.94. The highest BCUT2D eigenvalue weighted by atomic mass is 32.1. The second-order valence-electron chi connectivity index (χ2n) is 2.48. The third-order valence-electron chi connectivity index (χ3n) is 1.57. The molecule has 0 aliphatic heterocycles. The lowest BCUT2D eigenvalue weighted by atomic mass is 10.3. The molecule has 64 valence electrons. The Bertz CT molecular complexity index is 272. The molecule has 0 spiro atoms. The summed E-state index contributed by atoms with van der Waals surface area (Å²) in [5.41, 5.74) is 0. The van der Waals surface area contributed by atoms with Gasteiger partial charge >= 0.3 is 0 Å². The summed E-state index contributed by atoms with van der Waals surface area (Å²) < 4.78 is 0. The van der Waals surface area contributed by atoms with E-state index in [0.717, 1.165) is 13.0 Å². The standard InChI is InChI=1S/C9H12N2S/c1-2-8-3-4-9(12-8)7-11-6-5-10/h3-4,11H,2,6-7H2,1H3. The van der Waals surface area contributed by atoms with Crippen LogP contribution in [0.25, 0.3) is 0 Å². The Morgan fingerprint density at radius 1 is 1.50 bits per heavy atom. The zero-order valence-electron chi connectivity index (χ0n) is 7.13. The summed E-state index contributed by atoms with van der Waals surface area (Å²) in [7, 11) is 0. The molecule has 1 N–H and O–H groups in total. The second-order valence-corrected chi connectivity index (χ2v) is 3.74. The minimum absolute atomic E-state index is 0.430. The van der Waals surface area contributed by atoms with Crippen molar-refractivity contribution in [3.63, 3.8) is 0 Å². The molecule has 0 aromatic carbocycles. The van der Waals surface area contributed by atoms with Gasteiger partial charge in [-0.05, 0) is 18.6 Å². The zero-order chi connectivity index (χ0) is 8.81. The van der Waals surface area contributed by atoms with Gasteiger partial charge in [0.05, 0.1) is 12.6 Å². The van der Waals surface area contributed by atoms with Crippen molar-refractivity contribution < 1.29 is 0 Å². The van der Waals surface area contributed by atoms with E-state index in [1.165, 1.54) is 9.75 Å². The first-order chi connectivity index (χ1) is 5.86. The lowest BCUT2D eigenvalue weighted by Crippen LogP contribution is -2.11. The predicted octanol–water partition coefficient (Wildman–Crippen LogP) is 1.92. The average molecular weight is 180 g/mol. The highest BCUT2D eigenvalue weighted by Crippen LogP contribution is 2.16. The Kier molecular flexibility index (Phi) is 3.78. The fourth-order valence-electron chi connectivity index (χ4n) is 0.949. The van der Waals surface area contributed by atoms with Gasteiger partial charge in [-0.2, -0.15) is 5.26 Å². The number of rotatable bonds is 4. The van der Waals surface area contributed by atoms with Gasteiger partial charge in [0.15, 0.2) is 0 Å². The van der Waals surface area contributed by atoms with Crippen LogP contribution < -0.4 is 5.32 Å². The number of nitriles is 1. The first-order valence-electron chi connectivity index (χ1n) is 4.02. The smallest absolute Gasteiger partial charge is 0.0843 e. The van der Waals surface area contributed by atoms with Crippen LogP contribution in [0.2, 0.25) is 0 Å². The summed E-state index contributed by atoms with van der Waals surface area (Å²) in [6, 6.07) is 6.32. The molecule has 0 saturated carbocycles. The highest BCUT2D eigenvalue weighted by Gasteiger charge is 1.96. The Balaban J connectivity index is 2.37. The van der Waals surface area contributed by atoms with Crippen LogP contribution in [0, 0.1) is 11.3 Å². The molecule has 1 aromatic rings. The molecule has 2 nitrogen and oxygen atoms in total. The van der Waals surface area contributed by atoms with Crippen LogP contribution in [0.5, 0.6) is 0 Å². The summed E-state index contributed by atoms with van der Waals surface area (Å²) >= 11 is 1.81.